The molecule has 7 heteroatoms. The molecule has 6 nitrogen and oxygen atoms in total. The Morgan fingerprint density at radius 2 is 2.08 bits per heavy atom. The van der Waals surface area contributed by atoms with Crippen LogP contribution in [0, 0.1) is 25.2 Å². The largest absolute Gasteiger partial charge is 0.354 e. The van der Waals surface area contributed by atoms with Crippen molar-refractivity contribution < 1.29 is 9.59 Å². The standard InChI is InChI=1S/C18H18N4O2S/c1-11-6-5-7-16(12(11)2)22(13(3)23)18-21-15(10-25-18)8-14(9-19)17(24)20-4/h5-8,10H,1-4H3,(H,20,24)/b14-8+. The molecule has 1 aromatic carbocycles. The summed E-state index contributed by atoms with van der Waals surface area (Å²) in [5, 5.41) is 13.7. The van der Waals surface area contributed by atoms with E-state index in [4.69, 9.17) is 5.26 Å². The van der Waals surface area contributed by atoms with Gasteiger partial charge in [0.05, 0.1) is 11.4 Å². The number of amides is 2. The average molecular weight is 354 g/mol. The molecule has 25 heavy (non-hydrogen) atoms. The number of anilines is 2. The van der Waals surface area contributed by atoms with Gasteiger partial charge in [-0.3, -0.25) is 14.5 Å². The van der Waals surface area contributed by atoms with Crippen LogP contribution in [-0.4, -0.2) is 23.8 Å². The molecule has 0 fully saturated rings. The molecule has 0 aliphatic heterocycles. The van der Waals surface area contributed by atoms with Crippen LogP contribution >= 0.6 is 11.3 Å². The lowest BCUT2D eigenvalue weighted by Gasteiger charge is -2.21. The predicted molar refractivity (Wildman–Crippen MR) is 98.5 cm³/mol. The highest BCUT2D eigenvalue weighted by Crippen LogP contribution is 2.32. The first-order valence-corrected chi connectivity index (χ1v) is 8.43. The van der Waals surface area contributed by atoms with E-state index >= 15 is 0 Å². The molecule has 0 aliphatic rings. The lowest BCUT2D eigenvalue weighted by atomic mass is 10.1. The van der Waals surface area contributed by atoms with Gasteiger partial charge in [0.25, 0.3) is 5.91 Å². The highest BCUT2D eigenvalue weighted by Gasteiger charge is 2.20. The van der Waals surface area contributed by atoms with Crippen molar-refractivity contribution in [1.29, 1.82) is 5.26 Å². The van der Waals surface area contributed by atoms with Crippen LogP contribution in [0.4, 0.5) is 10.8 Å². The summed E-state index contributed by atoms with van der Waals surface area (Å²) in [6, 6.07) is 7.58. The van der Waals surface area contributed by atoms with Gasteiger partial charge in [-0.25, -0.2) is 4.98 Å². The topological polar surface area (TPSA) is 86.1 Å². The van der Waals surface area contributed by atoms with Gasteiger partial charge in [-0.05, 0) is 37.1 Å². The first-order chi connectivity index (χ1) is 11.9. The Labute approximate surface area is 150 Å². The van der Waals surface area contributed by atoms with Crippen LogP contribution in [0.15, 0.2) is 29.2 Å². The van der Waals surface area contributed by atoms with Crippen LogP contribution in [0.2, 0.25) is 0 Å². The van der Waals surface area contributed by atoms with E-state index in [1.165, 1.54) is 36.3 Å². The van der Waals surface area contributed by atoms with Crippen molar-refractivity contribution in [3.8, 4) is 6.07 Å². The Morgan fingerprint density at radius 3 is 2.68 bits per heavy atom. The third-order valence-corrected chi connectivity index (χ3v) is 4.56. The monoisotopic (exact) mass is 354 g/mol. The number of aromatic nitrogens is 1. The van der Waals surface area contributed by atoms with Crippen LogP contribution in [0.5, 0.6) is 0 Å². The SMILES string of the molecule is CNC(=O)/C(C#N)=C/c1csc(N(C(C)=O)c2cccc(C)c2C)n1. The van der Waals surface area contributed by atoms with Gasteiger partial charge in [0.2, 0.25) is 5.91 Å². The van der Waals surface area contributed by atoms with Gasteiger partial charge in [0.1, 0.15) is 11.6 Å². The number of likely N-dealkylation sites (N-methyl/N-ethyl adjacent to an activating group) is 1. The van der Waals surface area contributed by atoms with Crippen molar-refractivity contribution in [2.24, 2.45) is 0 Å². The number of hydrogen-bond acceptors (Lipinski definition) is 5. The molecule has 0 aliphatic carbocycles. The molecular formula is C18H18N4O2S. The zero-order valence-corrected chi connectivity index (χ0v) is 15.3. The fourth-order valence-electron chi connectivity index (χ4n) is 2.26. The number of nitrogens with zero attached hydrogens (tertiary/aromatic N) is 3. The molecule has 0 radical (unpaired) electrons. The third kappa shape index (κ3) is 3.92. The second kappa shape index (κ2) is 7.73. The fourth-order valence-corrected chi connectivity index (χ4v) is 3.10. The highest BCUT2D eigenvalue weighted by atomic mass is 32.1. The van der Waals surface area contributed by atoms with Gasteiger partial charge in [0.15, 0.2) is 5.13 Å². The molecule has 2 rings (SSSR count). The van der Waals surface area contributed by atoms with Crippen molar-refractivity contribution in [1.82, 2.24) is 10.3 Å². The van der Waals surface area contributed by atoms with Crippen molar-refractivity contribution in [2.45, 2.75) is 20.8 Å². The van der Waals surface area contributed by atoms with Crippen molar-refractivity contribution >= 4 is 40.0 Å². The van der Waals surface area contributed by atoms with E-state index in [0.717, 1.165) is 16.8 Å². The third-order valence-electron chi connectivity index (χ3n) is 3.72. The van der Waals surface area contributed by atoms with Crippen molar-refractivity contribution in [2.75, 3.05) is 11.9 Å². The van der Waals surface area contributed by atoms with E-state index in [2.05, 4.69) is 10.3 Å². The smallest absolute Gasteiger partial charge is 0.261 e. The minimum absolute atomic E-state index is 0.0412. The van der Waals surface area contributed by atoms with Gasteiger partial charge in [0, 0.05) is 19.4 Å². The van der Waals surface area contributed by atoms with E-state index in [0.29, 0.717) is 10.8 Å². The molecule has 0 unspecified atom stereocenters. The van der Waals surface area contributed by atoms with Gasteiger partial charge in [-0.1, -0.05) is 12.1 Å². The van der Waals surface area contributed by atoms with Crippen LogP contribution in [0.1, 0.15) is 23.7 Å². The summed E-state index contributed by atoms with van der Waals surface area (Å²) in [7, 11) is 1.46. The zero-order valence-electron chi connectivity index (χ0n) is 14.5. The molecule has 0 atom stereocenters. The van der Waals surface area contributed by atoms with E-state index in [9.17, 15) is 9.59 Å². The predicted octanol–water partition coefficient (Wildman–Crippen LogP) is 3.10. The maximum absolute atomic E-state index is 12.2. The number of carbonyl (C=O) groups excluding carboxylic acids is 2. The Kier molecular flexibility index (Phi) is 5.67. The van der Waals surface area contributed by atoms with Crippen molar-refractivity contribution in [3.63, 3.8) is 0 Å². The van der Waals surface area contributed by atoms with Crippen LogP contribution in [-0.2, 0) is 9.59 Å². The summed E-state index contributed by atoms with van der Waals surface area (Å²) < 4.78 is 0. The number of aryl methyl sites for hydroxylation is 1. The molecular weight excluding hydrogens is 336 g/mol. The van der Waals surface area contributed by atoms with Crippen LogP contribution in [0.25, 0.3) is 6.08 Å². The van der Waals surface area contributed by atoms with Crippen molar-refractivity contribution in [3.05, 3.63) is 46.0 Å². The molecule has 2 aromatic rings. The minimum Gasteiger partial charge on any atom is -0.354 e. The number of nitriles is 1. The molecule has 128 valence electrons. The molecule has 1 N–H and O–H groups in total. The van der Waals surface area contributed by atoms with Gasteiger partial charge >= 0.3 is 0 Å². The van der Waals surface area contributed by atoms with Crippen LogP contribution in [0.3, 0.4) is 0 Å². The van der Waals surface area contributed by atoms with Gasteiger partial charge in [-0.15, -0.1) is 11.3 Å². The first kappa shape index (κ1) is 18.4. The second-order valence-corrected chi connectivity index (χ2v) is 6.21. The normalized spacial score (nSPS) is 10.9. The quantitative estimate of drug-likeness (QED) is 0.675. The number of hydrogen-bond donors (Lipinski definition) is 1. The minimum atomic E-state index is -0.477. The summed E-state index contributed by atoms with van der Waals surface area (Å²) in [6.07, 6.45) is 1.40. The summed E-state index contributed by atoms with van der Waals surface area (Å²) in [5.74, 6) is -0.639. The first-order valence-electron chi connectivity index (χ1n) is 7.55. The fraction of sp³-hybridized carbons (Fsp3) is 0.222. The van der Waals surface area contributed by atoms with E-state index < -0.39 is 5.91 Å². The van der Waals surface area contributed by atoms with E-state index in [1.807, 2.05) is 38.1 Å². The highest BCUT2D eigenvalue weighted by molar-refractivity contribution is 7.14. The Bertz CT molecular complexity index is 893. The number of nitrogens with one attached hydrogen (secondary N) is 1. The molecule has 1 aromatic heterocycles. The number of rotatable bonds is 4. The molecule has 0 saturated carbocycles. The van der Waals surface area contributed by atoms with Crippen LogP contribution < -0.4 is 10.2 Å². The Morgan fingerprint density at radius 1 is 1.36 bits per heavy atom. The zero-order chi connectivity index (χ0) is 18.6. The summed E-state index contributed by atoms with van der Waals surface area (Å²) in [6.45, 7) is 5.41. The summed E-state index contributed by atoms with van der Waals surface area (Å²) >= 11 is 1.28. The number of benzene rings is 1. The van der Waals surface area contributed by atoms with E-state index in [1.54, 1.807) is 5.38 Å². The maximum atomic E-state index is 12.2. The number of carbonyl (C=O) groups is 2. The molecule has 1 heterocycles. The molecule has 2 amide bonds. The Balaban J connectivity index is 2.46. The molecule has 0 saturated heterocycles. The Hall–Kier alpha value is -2.98. The molecule has 0 bridgehead atoms. The number of thiazole rings is 1. The van der Waals surface area contributed by atoms with E-state index in [-0.39, 0.29) is 11.5 Å². The van der Waals surface area contributed by atoms with Gasteiger partial charge < -0.3 is 5.32 Å². The second-order valence-electron chi connectivity index (χ2n) is 5.38. The van der Waals surface area contributed by atoms with Gasteiger partial charge in [-0.2, -0.15) is 5.26 Å². The summed E-state index contributed by atoms with van der Waals surface area (Å²) in [4.78, 5) is 29.8. The lowest BCUT2D eigenvalue weighted by molar-refractivity contribution is -0.117. The summed E-state index contributed by atoms with van der Waals surface area (Å²) in [5.41, 5.74) is 3.25. The average Bonchev–Trinajstić information content (AvgIpc) is 3.03. The molecule has 0 spiro atoms. The lowest BCUT2D eigenvalue weighted by Crippen LogP contribution is -2.23. The maximum Gasteiger partial charge on any atom is 0.261 e.